The molecule has 2 nitrogen and oxygen atoms in total. The van der Waals surface area contributed by atoms with Crippen LogP contribution in [0.1, 0.15) is 5.56 Å². The zero-order valence-electron chi connectivity index (χ0n) is 6.31. The van der Waals surface area contributed by atoms with Gasteiger partial charge in [-0.3, -0.25) is 0 Å². The van der Waals surface area contributed by atoms with E-state index in [1.165, 1.54) is 5.98 Å². The zero-order chi connectivity index (χ0) is 8.97. The minimum atomic E-state index is -1.37. The van der Waals surface area contributed by atoms with Crippen LogP contribution < -0.4 is 0 Å². The fraction of sp³-hybridized carbons (Fsp3) is 0. The molecule has 0 aliphatic carbocycles. The van der Waals surface area contributed by atoms with Crippen LogP contribution in [-0.4, -0.2) is 17.2 Å². The van der Waals surface area contributed by atoms with Crippen LogP contribution in [0.2, 0.25) is 0 Å². The van der Waals surface area contributed by atoms with Crippen LogP contribution >= 0.6 is 22.6 Å². The molecular formula is C8H8BIO2. The van der Waals surface area contributed by atoms with Gasteiger partial charge in [-0.1, -0.05) is 24.2 Å². The van der Waals surface area contributed by atoms with Crippen molar-refractivity contribution in [1.29, 1.82) is 0 Å². The van der Waals surface area contributed by atoms with Gasteiger partial charge in [-0.2, -0.15) is 0 Å². The number of rotatable bonds is 2. The highest BCUT2D eigenvalue weighted by Gasteiger charge is 1.97. The molecule has 1 rings (SSSR count). The lowest BCUT2D eigenvalue weighted by molar-refractivity contribution is 0.424. The maximum atomic E-state index is 8.54. The molecule has 0 heterocycles. The summed E-state index contributed by atoms with van der Waals surface area (Å²) in [4.78, 5) is 0. The van der Waals surface area contributed by atoms with E-state index in [4.69, 9.17) is 10.0 Å². The van der Waals surface area contributed by atoms with Crippen molar-refractivity contribution >= 4 is 35.8 Å². The summed E-state index contributed by atoms with van der Waals surface area (Å²) >= 11 is 2.22. The molecule has 0 aliphatic rings. The van der Waals surface area contributed by atoms with Gasteiger partial charge in [-0.15, -0.1) is 0 Å². The molecule has 0 fully saturated rings. The van der Waals surface area contributed by atoms with Crippen molar-refractivity contribution < 1.29 is 10.0 Å². The Morgan fingerprint density at radius 1 is 1.17 bits per heavy atom. The van der Waals surface area contributed by atoms with E-state index in [1.807, 2.05) is 24.3 Å². The summed E-state index contributed by atoms with van der Waals surface area (Å²) in [6.07, 6.45) is 1.67. The molecule has 2 N–H and O–H groups in total. The van der Waals surface area contributed by atoms with Gasteiger partial charge in [0.2, 0.25) is 0 Å². The summed E-state index contributed by atoms with van der Waals surface area (Å²) in [6.45, 7) is 0. The molecule has 1 aromatic carbocycles. The second-order valence-corrected chi connectivity index (χ2v) is 3.57. The molecular weight excluding hydrogens is 266 g/mol. The summed E-state index contributed by atoms with van der Waals surface area (Å²) in [7, 11) is -1.37. The SMILES string of the molecule is OB(O)/C=C/c1ccc(I)cc1. The molecule has 1 aromatic rings. The van der Waals surface area contributed by atoms with Gasteiger partial charge in [0, 0.05) is 3.57 Å². The molecule has 12 heavy (non-hydrogen) atoms. The maximum Gasteiger partial charge on any atom is 0.480 e. The van der Waals surface area contributed by atoms with Gasteiger partial charge < -0.3 is 10.0 Å². The minimum absolute atomic E-state index is 0.962. The summed E-state index contributed by atoms with van der Waals surface area (Å²) < 4.78 is 1.16. The Labute approximate surface area is 85.2 Å². The quantitative estimate of drug-likeness (QED) is 0.630. The van der Waals surface area contributed by atoms with Crippen molar-refractivity contribution in [2.45, 2.75) is 0 Å². The van der Waals surface area contributed by atoms with Gasteiger partial charge in [0.05, 0.1) is 0 Å². The van der Waals surface area contributed by atoms with Gasteiger partial charge >= 0.3 is 7.12 Å². The van der Waals surface area contributed by atoms with Crippen molar-refractivity contribution in [1.82, 2.24) is 0 Å². The molecule has 0 amide bonds. The van der Waals surface area contributed by atoms with Crippen LogP contribution in [0.25, 0.3) is 6.08 Å². The van der Waals surface area contributed by atoms with Gasteiger partial charge in [-0.05, 0) is 40.3 Å². The standard InChI is InChI=1S/C8H8BIO2/c10-8-3-1-7(2-4-8)5-6-9(11)12/h1-6,11-12H/b6-5+. The second kappa shape index (κ2) is 4.64. The molecule has 0 bridgehead atoms. The van der Waals surface area contributed by atoms with Crippen molar-refractivity contribution in [3.8, 4) is 0 Å². The Hall–Kier alpha value is -0.325. The summed E-state index contributed by atoms with van der Waals surface area (Å²) in [5.41, 5.74) is 0.962. The average Bonchev–Trinajstić information content (AvgIpc) is 2.03. The molecule has 0 atom stereocenters. The molecule has 0 saturated heterocycles. The maximum absolute atomic E-state index is 8.54. The zero-order valence-corrected chi connectivity index (χ0v) is 8.47. The van der Waals surface area contributed by atoms with E-state index >= 15 is 0 Å². The van der Waals surface area contributed by atoms with Crippen molar-refractivity contribution in [2.75, 3.05) is 0 Å². The molecule has 0 aromatic heterocycles. The van der Waals surface area contributed by atoms with E-state index in [1.54, 1.807) is 6.08 Å². The molecule has 0 saturated carbocycles. The lowest BCUT2D eigenvalue weighted by Crippen LogP contribution is -2.05. The predicted molar refractivity (Wildman–Crippen MR) is 58.4 cm³/mol. The monoisotopic (exact) mass is 274 g/mol. The number of hydrogen-bond acceptors (Lipinski definition) is 2. The topological polar surface area (TPSA) is 40.5 Å². The van der Waals surface area contributed by atoms with Crippen molar-refractivity contribution in [3.05, 3.63) is 39.4 Å². The van der Waals surface area contributed by atoms with Crippen LogP contribution in [0.4, 0.5) is 0 Å². The first-order chi connectivity index (χ1) is 5.68. The summed E-state index contributed by atoms with van der Waals surface area (Å²) in [5, 5.41) is 17.1. The normalized spacial score (nSPS) is 10.6. The van der Waals surface area contributed by atoms with E-state index in [0.29, 0.717) is 0 Å². The smallest absolute Gasteiger partial charge is 0.424 e. The predicted octanol–water partition coefficient (Wildman–Crippen LogP) is 1.32. The molecule has 0 spiro atoms. The highest BCUT2D eigenvalue weighted by molar-refractivity contribution is 14.1. The molecule has 0 radical (unpaired) electrons. The van der Waals surface area contributed by atoms with Crippen LogP contribution in [0.15, 0.2) is 30.2 Å². The Bertz CT molecular complexity index is 269. The lowest BCUT2D eigenvalue weighted by atomic mass is 9.91. The molecule has 0 unspecified atom stereocenters. The summed E-state index contributed by atoms with van der Waals surface area (Å²) in [5.74, 6) is 1.32. The fourth-order valence-corrected chi connectivity index (χ4v) is 1.13. The van der Waals surface area contributed by atoms with Gasteiger partial charge in [0.1, 0.15) is 0 Å². The third-order valence-electron chi connectivity index (χ3n) is 1.33. The number of benzene rings is 1. The van der Waals surface area contributed by atoms with Crippen LogP contribution in [0, 0.1) is 3.57 Å². The number of hydrogen-bond donors (Lipinski definition) is 2. The first kappa shape index (κ1) is 9.76. The highest BCUT2D eigenvalue weighted by Crippen LogP contribution is 2.07. The van der Waals surface area contributed by atoms with E-state index in [9.17, 15) is 0 Å². The first-order valence-electron chi connectivity index (χ1n) is 3.48. The molecule has 62 valence electrons. The Kier molecular flexibility index (Phi) is 3.77. The van der Waals surface area contributed by atoms with E-state index in [0.717, 1.165) is 9.13 Å². The third kappa shape index (κ3) is 3.38. The first-order valence-corrected chi connectivity index (χ1v) is 4.56. The van der Waals surface area contributed by atoms with Gasteiger partial charge in [0.15, 0.2) is 0 Å². The number of halogens is 1. The molecule has 0 aliphatic heterocycles. The van der Waals surface area contributed by atoms with Gasteiger partial charge in [-0.25, -0.2) is 0 Å². The fourth-order valence-electron chi connectivity index (χ4n) is 0.771. The highest BCUT2D eigenvalue weighted by atomic mass is 127. The van der Waals surface area contributed by atoms with E-state index < -0.39 is 7.12 Å². The van der Waals surface area contributed by atoms with Gasteiger partial charge in [0.25, 0.3) is 0 Å². The van der Waals surface area contributed by atoms with Crippen molar-refractivity contribution in [3.63, 3.8) is 0 Å². The van der Waals surface area contributed by atoms with Crippen molar-refractivity contribution in [2.24, 2.45) is 0 Å². The Balaban J connectivity index is 2.71. The Morgan fingerprint density at radius 2 is 1.75 bits per heavy atom. The minimum Gasteiger partial charge on any atom is -0.424 e. The third-order valence-corrected chi connectivity index (χ3v) is 2.05. The van der Waals surface area contributed by atoms with Crippen LogP contribution in [0.5, 0.6) is 0 Å². The van der Waals surface area contributed by atoms with E-state index in [-0.39, 0.29) is 0 Å². The van der Waals surface area contributed by atoms with E-state index in [2.05, 4.69) is 22.6 Å². The second-order valence-electron chi connectivity index (χ2n) is 2.32. The average molecular weight is 274 g/mol. The summed E-state index contributed by atoms with van der Waals surface area (Å²) in [6, 6.07) is 7.76. The molecule has 4 heteroatoms. The van der Waals surface area contributed by atoms with Crippen LogP contribution in [0.3, 0.4) is 0 Å². The lowest BCUT2D eigenvalue weighted by Gasteiger charge is -1.93. The largest absolute Gasteiger partial charge is 0.480 e. The Morgan fingerprint density at radius 3 is 2.25 bits per heavy atom. The van der Waals surface area contributed by atoms with Crippen LogP contribution in [-0.2, 0) is 0 Å².